The van der Waals surface area contributed by atoms with Crippen LogP contribution in [-0.2, 0) is 14.8 Å². The van der Waals surface area contributed by atoms with Crippen LogP contribution in [0.2, 0.25) is 5.02 Å². The van der Waals surface area contributed by atoms with Gasteiger partial charge >= 0.3 is 6.09 Å². The number of ether oxygens (including phenoxy) is 1. The van der Waals surface area contributed by atoms with Gasteiger partial charge in [-0.2, -0.15) is 0 Å². The van der Waals surface area contributed by atoms with Crippen LogP contribution in [0.4, 0.5) is 21.9 Å². The quantitative estimate of drug-likeness (QED) is 0.499. The minimum atomic E-state index is -3.95. The van der Waals surface area contributed by atoms with E-state index in [-0.39, 0.29) is 21.2 Å². The average Bonchev–Trinajstić information content (AvgIpc) is 2.76. The van der Waals surface area contributed by atoms with Gasteiger partial charge in [-0.1, -0.05) is 29.8 Å². The molecule has 8 nitrogen and oxygen atoms in total. The molecule has 3 aromatic rings. The third-order valence-electron chi connectivity index (χ3n) is 4.10. The van der Waals surface area contributed by atoms with E-state index in [2.05, 4.69) is 20.1 Å². The van der Waals surface area contributed by atoms with Gasteiger partial charge in [0.2, 0.25) is 0 Å². The number of para-hydroxylation sites is 1. The van der Waals surface area contributed by atoms with E-state index >= 15 is 0 Å². The van der Waals surface area contributed by atoms with Gasteiger partial charge in [0.15, 0.2) is 0 Å². The average molecular weight is 460 g/mol. The van der Waals surface area contributed by atoms with Crippen LogP contribution in [-0.4, -0.2) is 27.5 Å². The normalized spacial score (nSPS) is 10.8. The molecular formula is C21H18ClN3O5S. The first-order valence-corrected chi connectivity index (χ1v) is 10.8. The van der Waals surface area contributed by atoms with E-state index in [4.69, 9.17) is 11.6 Å². The summed E-state index contributed by atoms with van der Waals surface area (Å²) in [4.78, 5) is 23.7. The van der Waals surface area contributed by atoms with Gasteiger partial charge in [0.1, 0.15) is 0 Å². The Bertz CT molecular complexity index is 1210. The molecule has 160 valence electrons. The highest BCUT2D eigenvalue weighted by Gasteiger charge is 2.18. The second kappa shape index (κ2) is 9.50. The SMILES string of the molecule is COC(=O)Nc1ccc(NC(=O)c2cccc(S(=O)(=O)Nc3ccccc3Cl)c2)cc1. The summed E-state index contributed by atoms with van der Waals surface area (Å²) >= 11 is 6.02. The third kappa shape index (κ3) is 5.74. The molecule has 0 heterocycles. The van der Waals surface area contributed by atoms with Crippen molar-refractivity contribution in [3.8, 4) is 0 Å². The first-order chi connectivity index (χ1) is 14.8. The Balaban J connectivity index is 1.74. The standard InChI is InChI=1S/C21H18ClN3O5S/c1-30-21(27)24-16-11-9-15(10-12-16)23-20(26)14-5-4-6-17(13-14)31(28,29)25-19-8-3-2-7-18(19)22/h2-13,25H,1H3,(H,23,26)(H,24,27). The fourth-order valence-corrected chi connectivity index (χ4v) is 3.93. The first-order valence-electron chi connectivity index (χ1n) is 8.92. The van der Waals surface area contributed by atoms with Crippen molar-refractivity contribution in [1.29, 1.82) is 0 Å². The van der Waals surface area contributed by atoms with Gasteiger partial charge in [0.05, 0.1) is 22.7 Å². The monoisotopic (exact) mass is 459 g/mol. The van der Waals surface area contributed by atoms with Crippen LogP contribution in [0.15, 0.2) is 77.7 Å². The summed E-state index contributed by atoms with van der Waals surface area (Å²) in [5.41, 5.74) is 1.34. The maximum atomic E-state index is 12.7. The molecule has 3 N–H and O–H groups in total. The fraction of sp³-hybridized carbons (Fsp3) is 0.0476. The first kappa shape index (κ1) is 22.1. The van der Waals surface area contributed by atoms with Gasteiger partial charge < -0.3 is 10.1 Å². The van der Waals surface area contributed by atoms with Crippen molar-refractivity contribution in [2.24, 2.45) is 0 Å². The molecule has 3 rings (SSSR count). The van der Waals surface area contributed by atoms with Crippen LogP contribution in [0.25, 0.3) is 0 Å². The van der Waals surface area contributed by atoms with Crippen LogP contribution in [0, 0.1) is 0 Å². The second-order valence-corrected chi connectivity index (χ2v) is 8.35. The van der Waals surface area contributed by atoms with E-state index in [1.54, 1.807) is 42.5 Å². The Morgan fingerprint density at radius 2 is 1.52 bits per heavy atom. The van der Waals surface area contributed by atoms with Crippen LogP contribution in [0.3, 0.4) is 0 Å². The van der Waals surface area contributed by atoms with Crippen LogP contribution >= 0.6 is 11.6 Å². The van der Waals surface area contributed by atoms with Gasteiger partial charge in [0.25, 0.3) is 15.9 Å². The maximum Gasteiger partial charge on any atom is 0.411 e. The Kier molecular flexibility index (Phi) is 6.78. The molecule has 0 saturated heterocycles. The molecule has 0 aliphatic heterocycles. The Labute approximate surface area is 184 Å². The Morgan fingerprint density at radius 1 is 0.871 bits per heavy atom. The summed E-state index contributed by atoms with van der Waals surface area (Å²) in [6.45, 7) is 0. The molecular weight excluding hydrogens is 442 g/mol. The summed E-state index contributed by atoms with van der Waals surface area (Å²) in [5.74, 6) is -0.497. The van der Waals surface area contributed by atoms with Crippen LogP contribution < -0.4 is 15.4 Å². The molecule has 0 aliphatic rings. The smallest absolute Gasteiger partial charge is 0.411 e. The highest BCUT2D eigenvalue weighted by atomic mass is 35.5. The highest BCUT2D eigenvalue weighted by molar-refractivity contribution is 7.92. The van der Waals surface area contributed by atoms with Crippen LogP contribution in [0.1, 0.15) is 10.4 Å². The van der Waals surface area contributed by atoms with Crippen molar-refractivity contribution < 1.29 is 22.7 Å². The lowest BCUT2D eigenvalue weighted by atomic mass is 10.2. The predicted octanol–water partition coefficient (Wildman–Crippen LogP) is 4.57. The van der Waals surface area contributed by atoms with Gasteiger partial charge in [0, 0.05) is 16.9 Å². The molecule has 0 spiro atoms. The van der Waals surface area contributed by atoms with Gasteiger partial charge in [-0.05, 0) is 54.6 Å². The number of benzene rings is 3. The molecule has 2 amide bonds. The van der Waals surface area contributed by atoms with E-state index in [0.29, 0.717) is 11.4 Å². The molecule has 3 aromatic carbocycles. The molecule has 0 radical (unpaired) electrons. The minimum Gasteiger partial charge on any atom is -0.453 e. The summed E-state index contributed by atoms with van der Waals surface area (Å²) in [6, 6.07) is 18.4. The molecule has 31 heavy (non-hydrogen) atoms. The number of halogens is 1. The largest absolute Gasteiger partial charge is 0.453 e. The molecule has 10 heteroatoms. The number of carbonyl (C=O) groups is 2. The molecule has 0 fully saturated rings. The minimum absolute atomic E-state index is 0.0855. The zero-order chi connectivity index (χ0) is 22.4. The summed E-state index contributed by atoms with van der Waals surface area (Å²) in [6.07, 6.45) is -0.611. The van der Waals surface area contributed by atoms with Crippen molar-refractivity contribution in [3.63, 3.8) is 0 Å². The predicted molar refractivity (Wildman–Crippen MR) is 119 cm³/mol. The fourth-order valence-electron chi connectivity index (χ4n) is 2.56. The summed E-state index contributed by atoms with van der Waals surface area (Å²) < 4.78 is 32.3. The van der Waals surface area contributed by atoms with Crippen molar-refractivity contribution in [2.75, 3.05) is 22.5 Å². The molecule has 0 bridgehead atoms. The number of hydrogen-bond donors (Lipinski definition) is 3. The van der Waals surface area contributed by atoms with E-state index in [1.165, 1.54) is 37.4 Å². The van der Waals surface area contributed by atoms with E-state index in [1.807, 2.05) is 0 Å². The lowest BCUT2D eigenvalue weighted by Crippen LogP contribution is -2.16. The number of rotatable bonds is 6. The van der Waals surface area contributed by atoms with E-state index < -0.39 is 22.0 Å². The number of carbonyl (C=O) groups excluding carboxylic acids is 2. The third-order valence-corrected chi connectivity index (χ3v) is 5.79. The Hall–Kier alpha value is -3.56. The highest BCUT2D eigenvalue weighted by Crippen LogP contribution is 2.24. The van der Waals surface area contributed by atoms with Gasteiger partial charge in [-0.15, -0.1) is 0 Å². The zero-order valence-corrected chi connectivity index (χ0v) is 17.8. The van der Waals surface area contributed by atoms with Gasteiger partial charge in [-0.3, -0.25) is 14.8 Å². The molecule has 0 atom stereocenters. The topological polar surface area (TPSA) is 114 Å². The van der Waals surface area contributed by atoms with Gasteiger partial charge in [-0.25, -0.2) is 13.2 Å². The van der Waals surface area contributed by atoms with E-state index in [9.17, 15) is 18.0 Å². The van der Waals surface area contributed by atoms with Crippen molar-refractivity contribution >= 4 is 50.7 Å². The lowest BCUT2D eigenvalue weighted by molar-refractivity contribution is 0.102. The van der Waals surface area contributed by atoms with E-state index in [0.717, 1.165) is 0 Å². The number of amides is 2. The summed E-state index contributed by atoms with van der Waals surface area (Å²) in [7, 11) is -2.70. The molecule has 0 aromatic heterocycles. The molecule has 0 saturated carbocycles. The number of sulfonamides is 1. The zero-order valence-electron chi connectivity index (χ0n) is 16.3. The van der Waals surface area contributed by atoms with Crippen molar-refractivity contribution in [3.05, 3.63) is 83.4 Å². The van der Waals surface area contributed by atoms with Crippen LogP contribution in [0.5, 0.6) is 0 Å². The Morgan fingerprint density at radius 3 is 2.16 bits per heavy atom. The summed E-state index contributed by atoms with van der Waals surface area (Å²) in [5, 5.41) is 5.42. The lowest BCUT2D eigenvalue weighted by Gasteiger charge is -2.11. The second-order valence-electron chi connectivity index (χ2n) is 6.26. The molecule has 0 unspecified atom stereocenters. The maximum absolute atomic E-state index is 12.7. The van der Waals surface area contributed by atoms with Crippen molar-refractivity contribution in [1.82, 2.24) is 0 Å². The molecule has 0 aliphatic carbocycles. The van der Waals surface area contributed by atoms with Crippen molar-refractivity contribution in [2.45, 2.75) is 4.90 Å². The number of nitrogens with one attached hydrogen (secondary N) is 3. The number of anilines is 3. The number of methoxy groups -OCH3 is 1. The number of hydrogen-bond acceptors (Lipinski definition) is 5.